The summed E-state index contributed by atoms with van der Waals surface area (Å²) in [7, 11) is -3.79. The van der Waals surface area contributed by atoms with Gasteiger partial charge in [-0.1, -0.05) is 35.1 Å². The van der Waals surface area contributed by atoms with Gasteiger partial charge in [-0.05, 0) is 69.4 Å². The van der Waals surface area contributed by atoms with Gasteiger partial charge in [-0.2, -0.15) is 4.31 Å². The minimum absolute atomic E-state index is 0.0683. The van der Waals surface area contributed by atoms with Crippen LogP contribution in [0, 0.1) is 13.8 Å². The Morgan fingerprint density at radius 3 is 2.62 bits per heavy atom. The molecule has 7 nitrogen and oxygen atoms in total. The van der Waals surface area contributed by atoms with Crippen molar-refractivity contribution >= 4 is 42.6 Å². The maximum Gasteiger partial charge on any atom is 0.247 e. The number of sulfonamides is 1. The molecule has 0 aliphatic carbocycles. The topological polar surface area (TPSA) is 79.8 Å². The van der Waals surface area contributed by atoms with Crippen LogP contribution in [-0.4, -0.2) is 55.5 Å². The number of ether oxygens (including phenoxy) is 1. The number of nitrogens with zero attached hydrogens (tertiary/aromatic N) is 3. The molecule has 2 aliphatic heterocycles. The molecule has 2 saturated heterocycles. The molecule has 2 atom stereocenters. The fraction of sp³-hybridized carbons (Fsp3) is 0.440. The molecule has 3 heterocycles. The van der Waals surface area contributed by atoms with Crippen LogP contribution in [0.1, 0.15) is 36.8 Å². The summed E-state index contributed by atoms with van der Waals surface area (Å²) in [4.78, 5) is 20.6. The van der Waals surface area contributed by atoms with Gasteiger partial charge >= 0.3 is 0 Å². The van der Waals surface area contributed by atoms with E-state index in [1.807, 2.05) is 26.0 Å². The summed E-state index contributed by atoms with van der Waals surface area (Å²) in [6.45, 7) is 5.34. The highest BCUT2D eigenvalue weighted by molar-refractivity contribution is 7.89. The number of carbonyl (C=O) groups excluding carboxylic acids is 1. The van der Waals surface area contributed by atoms with Crippen LogP contribution in [-0.2, 0) is 19.6 Å². The van der Waals surface area contributed by atoms with Gasteiger partial charge in [0, 0.05) is 13.2 Å². The van der Waals surface area contributed by atoms with E-state index in [-0.39, 0.29) is 16.9 Å². The minimum Gasteiger partial charge on any atom is -0.376 e. The van der Waals surface area contributed by atoms with E-state index in [4.69, 9.17) is 9.72 Å². The summed E-state index contributed by atoms with van der Waals surface area (Å²) in [6.07, 6.45) is 2.92. The largest absolute Gasteiger partial charge is 0.376 e. The third-order valence-electron chi connectivity index (χ3n) is 6.56. The molecule has 34 heavy (non-hydrogen) atoms. The zero-order valence-corrected chi connectivity index (χ0v) is 21.1. The van der Waals surface area contributed by atoms with Gasteiger partial charge in [0.25, 0.3) is 0 Å². The van der Waals surface area contributed by atoms with Crippen LogP contribution in [0.25, 0.3) is 10.2 Å². The SMILES string of the molecule is Cc1ccc(S(=O)(=O)N2CCC[C@@H]2C(=O)N(C[C@H]2CCCO2)c2nc3ccc(C)cc3s2)cc1. The van der Waals surface area contributed by atoms with E-state index < -0.39 is 16.1 Å². The molecule has 2 aromatic carbocycles. The van der Waals surface area contributed by atoms with Crippen molar-refractivity contribution in [3.8, 4) is 0 Å². The maximum absolute atomic E-state index is 14.0. The third-order valence-corrected chi connectivity index (χ3v) is 9.52. The van der Waals surface area contributed by atoms with Gasteiger partial charge in [-0.15, -0.1) is 0 Å². The molecular formula is C25H29N3O4S2. The molecule has 3 aromatic rings. The number of carbonyl (C=O) groups is 1. The Morgan fingerprint density at radius 2 is 1.88 bits per heavy atom. The van der Waals surface area contributed by atoms with Crippen LogP contribution in [0.3, 0.4) is 0 Å². The molecule has 0 radical (unpaired) electrons. The Kier molecular flexibility index (Phi) is 6.45. The van der Waals surface area contributed by atoms with Crippen molar-refractivity contribution in [2.45, 2.75) is 56.6 Å². The van der Waals surface area contributed by atoms with Crippen molar-refractivity contribution in [2.24, 2.45) is 0 Å². The number of rotatable bonds is 6. The van der Waals surface area contributed by atoms with Gasteiger partial charge in [0.05, 0.1) is 27.8 Å². The van der Waals surface area contributed by atoms with Crippen LogP contribution >= 0.6 is 11.3 Å². The van der Waals surface area contributed by atoms with Gasteiger partial charge in [0.1, 0.15) is 6.04 Å². The Morgan fingerprint density at radius 1 is 1.12 bits per heavy atom. The zero-order valence-electron chi connectivity index (χ0n) is 19.4. The lowest BCUT2D eigenvalue weighted by atomic mass is 10.2. The summed E-state index contributed by atoms with van der Waals surface area (Å²) in [6, 6.07) is 12.1. The first-order valence-corrected chi connectivity index (χ1v) is 14.0. The monoisotopic (exact) mass is 499 g/mol. The van der Waals surface area contributed by atoms with E-state index >= 15 is 0 Å². The molecule has 1 aromatic heterocycles. The molecule has 0 N–H and O–H groups in total. The number of benzene rings is 2. The summed E-state index contributed by atoms with van der Waals surface area (Å²) < 4.78 is 35.1. The first kappa shape index (κ1) is 23.4. The van der Waals surface area contributed by atoms with E-state index in [0.717, 1.165) is 34.2 Å². The maximum atomic E-state index is 14.0. The molecule has 180 valence electrons. The van der Waals surface area contributed by atoms with Crippen molar-refractivity contribution in [3.63, 3.8) is 0 Å². The lowest BCUT2D eigenvalue weighted by Crippen LogP contribution is -2.49. The zero-order chi connectivity index (χ0) is 23.9. The molecule has 2 aliphatic rings. The van der Waals surface area contributed by atoms with Crippen molar-refractivity contribution < 1.29 is 17.9 Å². The molecule has 9 heteroatoms. The Balaban J connectivity index is 1.48. The van der Waals surface area contributed by atoms with Crippen LogP contribution in [0.2, 0.25) is 0 Å². The number of hydrogen-bond donors (Lipinski definition) is 0. The Bertz CT molecular complexity index is 1300. The molecule has 0 spiro atoms. The molecular weight excluding hydrogens is 470 g/mol. The van der Waals surface area contributed by atoms with E-state index in [1.165, 1.54) is 15.6 Å². The van der Waals surface area contributed by atoms with E-state index in [2.05, 4.69) is 6.07 Å². The van der Waals surface area contributed by atoms with Crippen LogP contribution in [0.5, 0.6) is 0 Å². The Labute approximate surface area is 204 Å². The number of aryl methyl sites for hydroxylation is 2. The number of hydrogen-bond acceptors (Lipinski definition) is 6. The van der Waals surface area contributed by atoms with Crippen molar-refractivity contribution in [2.75, 3.05) is 24.6 Å². The van der Waals surface area contributed by atoms with Gasteiger partial charge in [-0.25, -0.2) is 13.4 Å². The highest BCUT2D eigenvalue weighted by Gasteiger charge is 2.42. The third kappa shape index (κ3) is 4.49. The normalized spacial score (nSPS) is 21.4. The highest BCUT2D eigenvalue weighted by atomic mass is 32.2. The quantitative estimate of drug-likeness (QED) is 0.506. The fourth-order valence-corrected chi connectivity index (χ4v) is 7.42. The highest BCUT2D eigenvalue weighted by Crippen LogP contribution is 2.34. The molecule has 5 rings (SSSR count). The summed E-state index contributed by atoms with van der Waals surface area (Å²) in [5.41, 5.74) is 2.96. The summed E-state index contributed by atoms with van der Waals surface area (Å²) >= 11 is 1.47. The standard InChI is InChI=1S/C25H29N3O4S2/c1-17-7-10-20(11-8-17)34(30,31)28-13-3-6-22(28)24(29)27(16-19-5-4-14-32-19)25-26-21-12-9-18(2)15-23(21)33-25/h7-12,15,19,22H,3-6,13-14,16H2,1-2H3/t19-,22-/m1/s1. The smallest absolute Gasteiger partial charge is 0.247 e. The number of amides is 1. The lowest BCUT2D eigenvalue weighted by Gasteiger charge is -2.29. The fourth-order valence-electron chi connectivity index (χ4n) is 4.69. The van der Waals surface area contributed by atoms with Crippen molar-refractivity contribution in [1.29, 1.82) is 0 Å². The van der Waals surface area contributed by atoms with Gasteiger partial charge in [0.2, 0.25) is 15.9 Å². The predicted molar refractivity (Wildman–Crippen MR) is 134 cm³/mol. The van der Waals surface area contributed by atoms with Crippen molar-refractivity contribution in [3.05, 3.63) is 53.6 Å². The van der Waals surface area contributed by atoms with Crippen molar-refractivity contribution in [1.82, 2.24) is 9.29 Å². The Hall–Kier alpha value is -2.33. The first-order valence-electron chi connectivity index (χ1n) is 11.7. The molecule has 0 saturated carbocycles. The molecule has 0 unspecified atom stereocenters. The summed E-state index contributed by atoms with van der Waals surface area (Å²) in [5.74, 6) is -0.223. The van der Waals surface area contributed by atoms with Gasteiger partial charge in [-0.3, -0.25) is 9.69 Å². The minimum atomic E-state index is -3.79. The van der Waals surface area contributed by atoms with Gasteiger partial charge < -0.3 is 4.74 Å². The molecule has 2 fully saturated rings. The molecule has 0 bridgehead atoms. The average Bonchev–Trinajstić information content (AvgIpc) is 3.57. The van der Waals surface area contributed by atoms with E-state index in [9.17, 15) is 13.2 Å². The van der Waals surface area contributed by atoms with E-state index in [0.29, 0.717) is 37.7 Å². The predicted octanol–water partition coefficient (Wildman–Crippen LogP) is 4.28. The second-order valence-corrected chi connectivity index (χ2v) is 12.0. The second kappa shape index (κ2) is 9.37. The van der Waals surface area contributed by atoms with Crippen LogP contribution < -0.4 is 4.90 Å². The van der Waals surface area contributed by atoms with Crippen LogP contribution in [0.4, 0.5) is 5.13 Å². The number of anilines is 1. The van der Waals surface area contributed by atoms with E-state index in [1.54, 1.807) is 29.2 Å². The van der Waals surface area contributed by atoms with Crippen LogP contribution in [0.15, 0.2) is 47.4 Å². The second-order valence-electron chi connectivity index (χ2n) is 9.14. The number of fused-ring (bicyclic) bond motifs is 1. The number of aromatic nitrogens is 1. The summed E-state index contributed by atoms with van der Waals surface area (Å²) in [5, 5.41) is 0.598. The average molecular weight is 500 g/mol. The number of thiazole rings is 1. The lowest BCUT2D eigenvalue weighted by molar-refractivity contribution is -0.122. The first-order chi connectivity index (χ1) is 16.3. The molecule has 1 amide bonds. The van der Waals surface area contributed by atoms with Gasteiger partial charge in [0.15, 0.2) is 5.13 Å².